The fraction of sp³-hybridized carbons (Fsp3) is 0.562. The van der Waals surface area contributed by atoms with Crippen LogP contribution in [0.2, 0.25) is 0 Å². The minimum absolute atomic E-state index is 0.137. The van der Waals surface area contributed by atoms with E-state index in [1.54, 1.807) is 11.0 Å². The third kappa shape index (κ3) is 3.00. The molecule has 0 N–H and O–H groups in total. The van der Waals surface area contributed by atoms with E-state index >= 15 is 0 Å². The largest absolute Gasteiger partial charge is 0.339 e. The van der Waals surface area contributed by atoms with Gasteiger partial charge in [0, 0.05) is 18.0 Å². The SMILES string of the molecule is CCC1(CC)CCN(C(=O)c2cc(S)ccc2F)CC1. The average Bonchev–Trinajstić information content (AvgIpc) is 2.49. The molecule has 0 radical (unpaired) electrons. The topological polar surface area (TPSA) is 20.3 Å². The zero-order chi connectivity index (χ0) is 14.8. The predicted octanol–water partition coefficient (Wildman–Crippen LogP) is 4.16. The Morgan fingerprint density at radius 1 is 1.30 bits per heavy atom. The summed E-state index contributed by atoms with van der Waals surface area (Å²) in [6, 6.07) is 4.38. The van der Waals surface area contributed by atoms with Crippen LogP contribution in [0.25, 0.3) is 0 Å². The lowest BCUT2D eigenvalue weighted by atomic mass is 9.74. The van der Waals surface area contributed by atoms with Gasteiger partial charge in [-0.2, -0.15) is 0 Å². The van der Waals surface area contributed by atoms with E-state index in [4.69, 9.17) is 0 Å². The number of thiol groups is 1. The van der Waals surface area contributed by atoms with Crippen molar-refractivity contribution in [3.8, 4) is 0 Å². The number of hydrogen-bond donors (Lipinski definition) is 1. The molecule has 4 heteroatoms. The highest BCUT2D eigenvalue weighted by atomic mass is 32.1. The molecular weight excluding hydrogens is 273 g/mol. The zero-order valence-corrected chi connectivity index (χ0v) is 13.0. The molecule has 0 bridgehead atoms. The lowest BCUT2D eigenvalue weighted by molar-refractivity contribution is 0.0553. The monoisotopic (exact) mass is 295 g/mol. The van der Waals surface area contributed by atoms with Gasteiger partial charge in [-0.15, -0.1) is 12.6 Å². The normalized spacial score (nSPS) is 18.1. The summed E-state index contributed by atoms with van der Waals surface area (Å²) in [6.07, 6.45) is 4.31. The Labute approximate surface area is 125 Å². The standard InChI is InChI=1S/C16H22FNOS/c1-3-16(4-2)7-9-18(10-8-16)15(19)13-11-12(20)5-6-14(13)17/h5-6,11,20H,3-4,7-10H2,1-2H3. The van der Waals surface area contributed by atoms with Crippen molar-refractivity contribution >= 4 is 18.5 Å². The van der Waals surface area contributed by atoms with Crippen LogP contribution in [0.5, 0.6) is 0 Å². The number of likely N-dealkylation sites (tertiary alicyclic amines) is 1. The van der Waals surface area contributed by atoms with Crippen molar-refractivity contribution in [2.45, 2.75) is 44.4 Å². The van der Waals surface area contributed by atoms with Gasteiger partial charge >= 0.3 is 0 Å². The van der Waals surface area contributed by atoms with Gasteiger partial charge in [0.1, 0.15) is 5.82 Å². The quantitative estimate of drug-likeness (QED) is 0.830. The molecule has 0 aromatic heterocycles. The van der Waals surface area contributed by atoms with Crippen molar-refractivity contribution in [1.82, 2.24) is 4.90 Å². The molecule has 1 fully saturated rings. The highest BCUT2D eigenvalue weighted by Gasteiger charge is 2.33. The van der Waals surface area contributed by atoms with Crippen LogP contribution in [-0.4, -0.2) is 23.9 Å². The summed E-state index contributed by atoms with van der Waals surface area (Å²) < 4.78 is 13.8. The Balaban J connectivity index is 2.10. The molecule has 110 valence electrons. The first-order valence-corrected chi connectivity index (χ1v) is 7.74. The van der Waals surface area contributed by atoms with Gasteiger partial charge in [-0.3, -0.25) is 4.79 Å². The first-order chi connectivity index (χ1) is 9.51. The number of amides is 1. The summed E-state index contributed by atoms with van der Waals surface area (Å²) in [5, 5.41) is 0. The molecule has 0 unspecified atom stereocenters. The van der Waals surface area contributed by atoms with E-state index in [1.807, 2.05) is 0 Å². The summed E-state index contributed by atoms with van der Waals surface area (Å²) in [7, 11) is 0. The molecule has 20 heavy (non-hydrogen) atoms. The van der Waals surface area contributed by atoms with Gasteiger partial charge in [-0.25, -0.2) is 4.39 Å². The summed E-state index contributed by atoms with van der Waals surface area (Å²) >= 11 is 4.18. The van der Waals surface area contributed by atoms with Crippen molar-refractivity contribution in [2.75, 3.05) is 13.1 Å². The van der Waals surface area contributed by atoms with E-state index in [0.717, 1.165) is 38.8 Å². The van der Waals surface area contributed by atoms with Crippen LogP contribution in [0, 0.1) is 11.2 Å². The van der Waals surface area contributed by atoms with Gasteiger partial charge in [-0.1, -0.05) is 26.7 Å². The Kier molecular flexibility index (Phi) is 4.74. The van der Waals surface area contributed by atoms with Crippen LogP contribution in [0.3, 0.4) is 0 Å². The Hall–Kier alpha value is -1.03. The van der Waals surface area contributed by atoms with Gasteiger partial charge in [-0.05, 0) is 36.5 Å². The molecule has 2 nitrogen and oxygen atoms in total. The number of carbonyl (C=O) groups excluding carboxylic acids is 1. The molecule has 0 saturated carbocycles. The molecule has 2 rings (SSSR count). The number of rotatable bonds is 3. The van der Waals surface area contributed by atoms with Crippen molar-refractivity contribution in [3.05, 3.63) is 29.6 Å². The van der Waals surface area contributed by atoms with Gasteiger partial charge in [0.05, 0.1) is 5.56 Å². The number of hydrogen-bond acceptors (Lipinski definition) is 2. The fourth-order valence-corrected chi connectivity index (χ4v) is 3.19. The maximum Gasteiger partial charge on any atom is 0.256 e. The number of benzene rings is 1. The lowest BCUT2D eigenvalue weighted by Gasteiger charge is -2.41. The van der Waals surface area contributed by atoms with Crippen LogP contribution >= 0.6 is 12.6 Å². The zero-order valence-electron chi connectivity index (χ0n) is 12.2. The fourth-order valence-electron chi connectivity index (χ4n) is 2.99. The molecule has 1 aliphatic rings. The highest BCUT2D eigenvalue weighted by molar-refractivity contribution is 7.80. The maximum absolute atomic E-state index is 13.8. The van der Waals surface area contributed by atoms with Crippen LogP contribution in [0.1, 0.15) is 49.9 Å². The Morgan fingerprint density at radius 3 is 2.45 bits per heavy atom. The summed E-state index contributed by atoms with van der Waals surface area (Å²) in [5.41, 5.74) is 0.499. The number of piperidine rings is 1. The second-order valence-electron chi connectivity index (χ2n) is 5.66. The lowest BCUT2D eigenvalue weighted by Crippen LogP contribution is -2.43. The second kappa shape index (κ2) is 6.17. The van der Waals surface area contributed by atoms with Crippen LogP contribution in [0.4, 0.5) is 4.39 Å². The molecule has 1 heterocycles. The minimum atomic E-state index is -0.462. The number of halogens is 1. The maximum atomic E-state index is 13.8. The van der Waals surface area contributed by atoms with E-state index in [-0.39, 0.29) is 11.5 Å². The molecule has 1 aliphatic heterocycles. The van der Waals surface area contributed by atoms with E-state index in [2.05, 4.69) is 26.5 Å². The molecule has 1 aromatic rings. The van der Waals surface area contributed by atoms with Crippen molar-refractivity contribution in [3.63, 3.8) is 0 Å². The molecule has 0 atom stereocenters. The van der Waals surface area contributed by atoms with Crippen LogP contribution < -0.4 is 0 Å². The van der Waals surface area contributed by atoms with E-state index in [9.17, 15) is 9.18 Å². The van der Waals surface area contributed by atoms with Crippen LogP contribution in [0.15, 0.2) is 23.1 Å². The minimum Gasteiger partial charge on any atom is -0.339 e. The summed E-state index contributed by atoms with van der Waals surface area (Å²) in [5.74, 6) is -0.671. The number of carbonyl (C=O) groups is 1. The van der Waals surface area contributed by atoms with E-state index < -0.39 is 5.82 Å². The van der Waals surface area contributed by atoms with Crippen molar-refractivity contribution < 1.29 is 9.18 Å². The molecule has 1 saturated heterocycles. The Bertz CT molecular complexity index is 489. The average molecular weight is 295 g/mol. The summed E-state index contributed by atoms with van der Waals surface area (Å²) in [4.78, 5) is 14.8. The van der Waals surface area contributed by atoms with Gasteiger partial charge < -0.3 is 4.90 Å². The molecular formula is C16H22FNOS. The first-order valence-electron chi connectivity index (χ1n) is 7.29. The van der Waals surface area contributed by atoms with Crippen molar-refractivity contribution in [1.29, 1.82) is 0 Å². The van der Waals surface area contributed by atoms with E-state index in [1.165, 1.54) is 12.1 Å². The molecule has 0 spiro atoms. The van der Waals surface area contributed by atoms with Crippen molar-refractivity contribution in [2.24, 2.45) is 5.41 Å². The summed E-state index contributed by atoms with van der Waals surface area (Å²) in [6.45, 7) is 5.86. The molecule has 0 aliphatic carbocycles. The smallest absolute Gasteiger partial charge is 0.256 e. The number of nitrogens with zero attached hydrogens (tertiary/aromatic N) is 1. The first kappa shape index (κ1) is 15.4. The third-order valence-electron chi connectivity index (χ3n) is 4.79. The second-order valence-corrected chi connectivity index (χ2v) is 6.18. The van der Waals surface area contributed by atoms with Gasteiger partial charge in [0.2, 0.25) is 0 Å². The van der Waals surface area contributed by atoms with Gasteiger partial charge in [0.25, 0.3) is 5.91 Å². The molecule has 1 aromatic carbocycles. The third-order valence-corrected chi connectivity index (χ3v) is 5.07. The van der Waals surface area contributed by atoms with E-state index in [0.29, 0.717) is 10.3 Å². The Morgan fingerprint density at radius 2 is 1.90 bits per heavy atom. The highest BCUT2D eigenvalue weighted by Crippen LogP contribution is 2.38. The van der Waals surface area contributed by atoms with Gasteiger partial charge in [0.15, 0.2) is 0 Å². The van der Waals surface area contributed by atoms with Crippen LogP contribution in [-0.2, 0) is 0 Å². The predicted molar refractivity (Wildman–Crippen MR) is 81.8 cm³/mol. The molecule has 1 amide bonds.